The van der Waals surface area contributed by atoms with Gasteiger partial charge in [0.2, 0.25) is 5.89 Å². The summed E-state index contributed by atoms with van der Waals surface area (Å²) < 4.78 is 6.87. The first-order valence-electron chi connectivity index (χ1n) is 3.72. The minimum absolute atomic E-state index is 0.598. The molecule has 0 aromatic carbocycles. The number of hydrogen-bond donors (Lipinski definition) is 0. The predicted molar refractivity (Wildman–Crippen MR) is 42.6 cm³/mol. The average Bonchev–Trinajstić information content (AvgIpc) is 2.63. The first-order chi connectivity index (χ1) is 5.84. The molecule has 2 aromatic rings. The summed E-state index contributed by atoms with van der Waals surface area (Å²) in [6, 6.07) is 0. The summed E-state index contributed by atoms with van der Waals surface area (Å²) in [5.41, 5.74) is 1.14. The Hall–Kier alpha value is -1.58. The van der Waals surface area contributed by atoms with Gasteiger partial charge in [0.25, 0.3) is 0 Å². The highest BCUT2D eigenvalue weighted by Crippen LogP contribution is 2.00. The molecule has 62 valence electrons. The second-order valence-electron chi connectivity index (χ2n) is 2.64. The number of aryl methyl sites for hydroxylation is 1. The van der Waals surface area contributed by atoms with Gasteiger partial charge in [-0.1, -0.05) is 0 Å². The zero-order valence-corrected chi connectivity index (χ0v) is 6.77. The summed E-state index contributed by atoms with van der Waals surface area (Å²) in [6.45, 7) is 2.60. The third-order valence-electron chi connectivity index (χ3n) is 1.54. The van der Waals surface area contributed by atoms with Gasteiger partial charge in [-0.15, -0.1) is 0 Å². The molecule has 2 rings (SSSR count). The Labute approximate surface area is 69.8 Å². The molecular formula is C8H9N3O. The Morgan fingerprint density at radius 3 is 3.08 bits per heavy atom. The summed E-state index contributed by atoms with van der Waals surface area (Å²) in [5.74, 6) is 0.679. The Morgan fingerprint density at radius 1 is 1.58 bits per heavy atom. The van der Waals surface area contributed by atoms with Crippen molar-refractivity contribution in [1.29, 1.82) is 0 Å². The first kappa shape index (κ1) is 7.09. The Kier molecular flexibility index (Phi) is 1.66. The molecule has 0 amide bonds. The summed E-state index contributed by atoms with van der Waals surface area (Å²) in [4.78, 5) is 3.99. The van der Waals surface area contributed by atoms with Gasteiger partial charge in [-0.3, -0.25) is 4.68 Å². The molecule has 0 spiro atoms. The third-order valence-corrected chi connectivity index (χ3v) is 1.54. The van der Waals surface area contributed by atoms with Gasteiger partial charge in [0.15, 0.2) is 0 Å². The van der Waals surface area contributed by atoms with Crippen molar-refractivity contribution in [2.75, 3.05) is 0 Å². The van der Waals surface area contributed by atoms with E-state index in [0.29, 0.717) is 12.4 Å². The van der Waals surface area contributed by atoms with Crippen LogP contribution < -0.4 is 0 Å². The normalized spacial score (nSPS) is 10.4. The van der Waals surface area contributed by atoms with Crippen molar-refractivity contribution in [3.63, 3.8) is 0 Å². The van der Waals surface area contributed by atoms with Crippen LogP contribution in [0.1, 0.15) is 11.5 Å². The lowest BCUT2D eigenvalue weighted by molar-refractivity contribution is 0.465. The monoisotopic (exact) mass is 163 g/mol. The molecule has 4 heteroatoms. The van der Waals surface area contributed by atoms with Crippen LogP contribution in [0.15, 0.2) is 29.3 Å². The van der Waals surface area contributed by atoms with Crippen molar-refractivity contribution in [3.05, 3.63) is 36.3 Å². The molecule has 0 unspecified atom stereocenters. The zero-order valence-electron chi connectivity index (χ0n) is 6.77. The van der Waals surface area contributed by atoms with Gasteiger partial charge in [-0.05, 0) is 12.5 Å². The molecule has 2 heterocycles. The van der Waals surface area contributed by atoms with E-state index in [1.807, 2.05) is 19.3 Å². The summed E-state index contributed by atoms with van der Waals surface area (Å²) >= 11 is 0. The first-order valence-corrected chi connectivity index (χ1v) is 3.72. The lowest BCUT2D eigenvalue weighted by Crippen LogP contribution is -1.99. The molecule has 0 aliphatic rings. The molecule has 0 aliphatic carbocycles. The van der Waals surface area contributed by atoms with E-state index in [0.717, 1.165) is 5.56 Å². The fourth-order valence-electron chi connectivity index (χ4n) is 1.02. The van der Waals surface area contributed by atoms with Crippen molar-refractivity contribution in [1.82, 2.24) is 14.8 Å². The van der Waals surface area contributed by atoms with Gasteiger partial charge in [-0.2, -0.15) is 5.10 Å². The van der Waals surface area contributed by atoms with Crippen LogP contribution in [-0.4, -0.2) is 14.8 Å². The van der Waals surface area contributed by atoms with Crippen molar-refractivity contribution >= 4 is 0 Å². The van der Waals surface area contributed by atoms with Crippen molar-refractivity contribution < 1.29 is 4.42 Å². The number of nitrogens with zero attached hydrogens (tertiary/aromatic N) is 3. The van der Waals surface area contributed by atoms with Gasteiger partial charge in [-0.25, -0.2) is 4.98 Å². The smallest absolute Gasteiger partial charge is 0.215 e. The fraction of sp³-hybridized carbons (Fsp3) is 0.250. The maximum absolute atomic E-state index is 5.07. The van der Waals surface area contributed by atoms with Crippen LogP contribution in [0.5, 0.6) is 0 Å². The van der Waals surface area contributed by atoms with Crippen molar-refractivity contribution in [2.45, 2.75) is 13.5 Å². The van der Waals surface area contributed by atoms with E-state index < -0.39 is 0 Å². The van der Waals surface area contributed by atoms with E-state index >= 15 is 0 Å². The number of oxazole rings is 1. The molecular weight excluding hydrogens is 154 g/mol. The standard InChI is InChI=1S/C8H9N3O/c1-7-4-10-11(5-7)6-8-9-2-3-12-8/h2-5H,6H2,1H3. The fourth-order valence-corrected chi connectivity index (χ4v) is 1.02. The third kappa shape index (κ3) is 1.37. The van der Waals surface area contributed by atoms with Crippen LogP contribution in [0.4, 0.5) is 0 Å². The highest BCUT2D eigenvalue weighted by molar-refractivity contribution is 5.00. The number of aromatic nitrogens is 3. The van der Waals surface area contributed by atoms with Gasteiger partial charge in [0.1, 0.15) is 12.8 Å². The quantitative estimate of drug-likeness (QED) is 0.668. The maximum Gasteiger partial charge on any atom is 0.215 e. The van der Waals surface area contributed by atoms with Crippen LogP contribution in [0.25, 0.3) is 0 Å². The number of hydrogen-bond acceptors (Lipinski definition) is 3. The topological polar surface area (TPSA) is 43.9 Å². The summed E-state index contributed by atoms with van der Waals surface area (Å²) in [6.07, 6.45) is 6.95. The van der Waals surface area contributed by atoms with Crippen molar-refractivity contribution in [3.8, 4) is 0 Å². The molecule has 12 heavy (non-hydrogen) atoms. The Bertz CT molecular complexity index is 350. The van der Waals surface area contributed by atoms with E-state index in [9.17, 15) is 0 Å². The van der Waals surface area contributed by atoms with Crippen LogP contribution in [-0.2, 0) is 6.54 Å². The molecule has 0 radical (unpaired) electrons. The minimum atomic E-state index is 0.598. The van der Waals surface area contributed by atoms with Crippen LogP contribution in [0.2, 0.25) is 0 Å². The minimum Gasteiger partial charge on any atom is -0.447 e. The summed E-state index contributed by atoms with van der Waals surface area (Å²) in [5, 5.41) is 4.11. The second-order valence-corrected chi connectivity index (χ2v) is 2.64. The summed E-state index contributed by atoms with van der Waals surface area (Å²) in [7, 11) is 0. The van der Waals surface area contributed by atoms with E-state index in [4.69, 9.17) is 4.42 Å². The average molecular weight is 163 g/mol. The van der Waals surface area contributed by atoms with E-state index in [2.05, 4.69) is 10.1 Å². The second kappa shape index (κ2) is 2.81. The van der Waals surface area contributed by atoms with Gasteiger partial charge >= 0.3 is 0 Å². The van der Waals surface area contributed by atoms with Gasteiger partial charge in [0.05, 0.1) is 12.4 Å². The predicted octanol–water partition coefficient (Wildman–Crippen LogP) is 1.23. The van der Waals surface area contributed by atoms with Gasteiger partial charge in [0, 0.05) is 6.20 Å². The Morgan fingerprint density at radius 2 is 2.50 bits per heavy atom. The highest BCUT2D eigenvalue weighted by Gasteiger charge is 1.99. The molecule has 4 nitrogen and oxygen atoms in total. The molecule has 0 saturated carbocycles. The molecule has 0 bridgehead atoms. The van der Waals surface area contributed by atoms with Crippen LogP contribution in [0.3, 0.4) is 0 Å². The number of rotatable bonds is 2. The highest BCUT2D eigenvalue weighted by atomic mass is 16.3. The van der Waals surface area contributed by atoms with Gasteiger partial charge < -0.3 is 4.42 Å². The molecule has 0 N–H and O–H groups in total. The molecule has 2 aromatic heterocycles. The molecule has 0 saturated heterocycles. The van der Waals surface area contributed by atoms with E-state index in [-0.39, 0.29) is 0 Å². The van der Waals surface area contributed by atoms with Crippen LogP contribution in [0, 0.1) is 6.92 Å². The van der Waals surface area contributed by atoms with Crippen LogP contribution >= 0.6 is 0 Å². The molecule has 0 aliphatic heterocycles. The SMILES string of the molecule is Cc1cnn(Cc2ncco2)c1. The van der Waals surface area contributed by atoms with E-state index in [1.165, 1.54) is 0 Å². The maximum atomic E-state index is 5.07. The lowest BCUT2D eigenvalue weighted by atomic mass is 10.4. The Balaban J connectivity index is 2.14. The molecule has 0 atom stereocenters. The largest absolute Gasteiger partial charge is 0.447 e. The lowest BCUT2D eigenvalue weighted by Gasteiger charge is -1.94. The van der Waals surface area contributed by atoms with Crippen molar-refractivity contribution in [2.24, 2.45) is 0 Å². The zero-order chi connectivity index (χ0) is 8.39. The van der Waals surface area contributed by atoms with E-state index in [1.54, 1.807) is 17.1 Å². The molecule has 0 fully saturated rings.